The Balaban J connectivity index is 2.33. The van der Waals surface area contributed by atoms with Gasteiger partial charge in [-0.1, -0.05) is 17.7 Å². The fraction of sp³-hybridized carbons (Fsp3) is 0.133. The Morgan fingerprint density at radius 2 is 1.95 bits per heavy atom. The van der Waals surface area contributed by atoms with E-state index < -0.39 is 0 Å². The second kappa shape index (κ2) is 5.64. The molecule has 0 unspecified atom stereocenters. The lowest BCUT2D eigenvalue weighted by Gasteiger charge is -2.14. The highest BCUT2D eigenvalue weighted by Crippen LogP contribution is 2.29. The van der Waals surface area contributed by atoms with E-state index in [1.165, 1.54) is 0 Å². The molecule has 0 saturated heterocycles. The van der Waals surface area contributed by atoms with E-state index in [0.29, 0.717) is 22.1 Å². The Morgan fingerprint density at radius 1 is 1.16 bits per heavy atom. The first-order chi connectivity index (χ1) is 9.10. The molecule has 2 aromatic carbocycles. The predicted molar refractivity (Wildman–Crippen MR) is 77.0 cm³/mol. The Hall–Kier alpha value is -2.18. The third-order valence-corrected chi connectivity index (χ3v) is 2.86. The molecule has 0 radical (unpaired) electrons. The highest BCUT2D eigenvalue weighted by molar-refractivity contribution is 6.30. The Morgan fingerprint density at radius 3 is 2.63 bits per heavy atom. The van der Waals surface area contributed by atoms with Crippen LogP contribution in [0.3, 0.4) is 0 Å². The highest BCUT2D eigenvalue weighted by Gasteiger charge is 2.06. The van der Waals surface area contributed by atoms with E-state index in [0.717, 1.165) is 5.69 Å². The Labute approximate surface area is 117 Å². The predicted octanol–water partition coefficient (Wildman–Crippen LogP) is 4.07. The fourth-order valence-corrected chi connectivity index (χ4v) is 1.79. The van der Waals surface area contributed by atoms with Gasteiger partial charge in [-0.05, 0) is 24.3 Å². The van der Waals surface area contributed by atoms with Crippen molar-refractivity contribution in [3.8, 4) is 17.6 Å². The number of nitriles is 1. The van der Waals surface area contributed by atoms with Crippen molar-refractivity contribution < 1.29 is 4.74 Å². The molecule has 2 rings (SSSR count). The summed E-state index contributed by atoms with van der Waals surface area (Å²) >= 11 is 5.92. The van der Waals surface area contributed by atoms with Crippen LogP contribution in [-0.2, 0) is 0 Å². The van der Waals surface area contributed by atoms with Crippen molar-refractivity contribution in [1.29, 1.82) is 5.26 Å². The van der Waals surface area contributed by atoms with Crippen molar-refractivity contribution in [1.82, 2.24) is 0 Å². The molecule has 0 N–H and O–H groups in total. The minimum absolute atomic E-state index is 0.458. The summed E-state index contributed by atoms with van der Waals surface area (Å²) in [6.45, 7) is 0. The van der Waals surface area contributed by atoms with E-state index in [9.17, 15) is 0 Å². The SMILES string of the molecule is CN(C)c1cccc(Oc2cc(Cl)ccc2C#N)c1. The summed E-state index contributed by atoms with van der Waals surface area (Å²) in [5.41, 5.74) is 1.48. The van der Waals surface area contributed by atoms with Gasteiger partial charge in [0, 0.05) is 36.9 Å². The third-order valence-electron chi connectivity index (χ3n) is 2.63. The second-order valence-electron chi connectivity index (χ2n) is 4.25. The van der Waals surface area contributed by atoms with Crippen molar-refractivity contribution >= 4 is 17.3 Å². The number of benzene rings is 2. The van der Waals surface area contributed by atoms with Gasteiger partial charge < -0.3 is 9.64 Å². The smallest absolute Gasteiger partial charge is 0.146 e. The first kappa shape index (κ1) is 13.3. The molecular formula is C15H13ClN2O. The topological polar surface area (TPSA) is 36.3 Å². The molecule has 0 aromatic heterocycles. The van der Waals surface area contributed by atoms with E-state index >= 15 is 0 Å². The van der Waals surface area contributed by atoms with Crippen molar-refractivity contribution in [3.63, 3.8) is 0 Å². The van der Waals surface area contributed by atoms with Gasteiger partial charge >= 0.3 is 0 Å². The van der Waals surface area contributed by atoms with Gasteiger partial charge in [0.1, 0.15) is 17.6 Å². The van der Waals surface area contributed by atoms with Gasteiger partial charge in [0.05, 0.1) is 5.56 Å². The van der Waals surface area contributed by atoms with Gasteiger partial charge in [-0.2, -0.15) is 5.26 Å². The first-order valence-corrected chi connectivity index (χ1v) is 6.13. The zero-order valence-electron chi connectivity index (χ0n) is 10.7. The molecule has 0 saturated carbocycles. The Bertz CT molecular complexity index is 632. The summed E-state index contributed by atoms with van der Waals surface area (Å²) in [5.74, 6) is 1.14. The summed E-state index contributed by atoms with van der Waals surface area (Å²) < 4.78 is 5.74. The number of nitrogens with zero attached hydrogens (tertiary/aromatic N) is 2. The average molecular weight is 273 g/mol. The van der Waals surface area contributed by atoms with Crippen LogP contribution in [0.2, 0.25) is 5.02 Å². The molecule has 0 aliphatic carbocycles. The van der Waals surface area contributed by atoms with Crippen LogP contribution >= 0.6 is 11.6 Å². The average Bonchev–Trinajstić information content (AvgIpc) is 2.39. The van der Waals surface area contributed by atoms with Crippen molar-refractivity contribution in [3.05, 3.63) is 53.1 Å². The van der Waals surface area contributed by atoms with Crippen molar-refractivity contribution in [2.75, 3.05) is 19.0 Å². The number of ether oxygens (including phenoxy) is 1. The monoisotopic (exact) mass is 272 g/mol. The van der Waals surface area contributed by atoms with Gasteiger partial charge in [0.15, 0.2) is 0 Å². The van der Waals surface area contributed by atoms with Crippen LogP contribution in [0.25, 0.3) is 0 Å². The van der Waals surface area contributed by atoms with Crippen LogP contribution in [0.15, 0.2) is 42.5 Å². The van der Waals surface area contributed by atoms with Gasteiger partial charge in [0.2, 0.25) is 0 Å². The summed E-state index contributed by atoms with van der Waals surface area (Å²) in [7, 11) is 3.92. The molecule has 0 fully saturated rings. The van der Waals surface area contributed by atoms with Crippen LogP contribution in [0.5, 0.6) is 11.5 Å². The molecule has 0 spiro atoms. The molecule has 0 amide bonds. The highest BCUT2D eigenvalue weighted by atomic mass is 35.5. The summed E-state index contributed by atoms with van der Waals surface area (Å²) in [6.07, 6.45) is 0. The van der Waals surface area contributed by atoms with E-state index in [4.69, 9.17) is 21.6 Å². The van der Waals surface area contributed by atoms with Gasteiger partial charge in [-0.15, -0.1) is 0 Å². The lowest BCUT2D eigenvalue weighted by molar-refractivity contribution is 0.481. The van der Waals surface area contributed by atoms with Crippen molar-refractivity contribution in [2.45, 2.75) is 0 Å². The quantitative estimate of drug-likeness (QED) is 0.845. The molecular weight excluding hydrogens is 260 g/mol. The first-order valence-electron chi connectivity index (χ1n) is 5.75. The Kier molecular flexibility index (Phi) is 3.94. The maximum absolute atomic E-state index is 9.05. The maximum Gasteiger partial charge on any atom is 0.146 e. The van der Waals surface area contributed by atoms with Crippen LogP contribution in [-0.4, -0.2) is 14.1 Å². The third kappa shape index (κ3) is 3.18. The summed E-state index contributed by atoms with van der Waals surface area (Å²) in [6, 6.07) is 14.7. The fourth-order valence-electron chi connectivity index (χ4n) is 1.63. The molecule has 0 bridgehead atoms. The number of hydrogen-bond acceptors (Lipinski definition) is 3. The molecule has 0 heterocycles. The summed E-state index contributed by atoms with van der Waals surface area (Å²) in [5, 5.41) is 9.59. The lowest BCUT2D eigenvalue weighted by atomic mass is 10.2. The molecule has 0 atom stereocenters. The van der Waals surface area contributed by atoms with Crippen molar-refractivity contribution in [2.24, 2.45) is 0 Å². The van der Waals surface area contributed by atoms with Gasteiger partial charge in [-0.25, -0.2) is 0 Å². The molecule has 3 nitrogen and oxygen atoms in total. The van der Waals surface area contributed by atoms with E-state index in [1.807, 2.05) is 43.3 Å². The zero-order chi connectivity index (χ0) is 13.8. The molecule has 0 aliphatic heterocycles. The van der Waals surface area contributed by atoms with E-state index in [1.54, 1.807) is 18.2 Å². The molecule has 96 valence electrons. The number of anilines is 1. The number of rotatable bonds is 3. The molecule has 2 aromatic rings. The van der Waals surface area contributed by atoms with E-state index in [2.05, 4.69) is 6.07 Å². The largest absolute Gasteiger partial charge is 0.456 e. The maximum atomic E-state index is 9.05. The standard InChI is InChI=1S/C15H13ClN2O/c1-18(2)13-4-3-5-14(9-13)19-15-8-12(16)7-6-11(15)10-17/h3-9H,1-2H3. The van der Waals surface area contributed by atoms with Crippen LogP contribution in [0.1, 0.15) is 5.56 Å². The zero-order valence-corrected chi connectivity index (χ0v) is 11.5. The van der Waals surface area contributed by atoms with Crippen LogP contribution in [0.4, 0.5) is 5.69 Å². The number of hydrogen-bond donors (Lipinski definition) is 0. The van der Waals surface area contributed by atoms with E-state index in [-0.39, 0.29) is 0 Å². The molecule has 0 aliphatic rings. The molecule has 19 heavy (non-hydrogen) atoms. The minimum atomic E-state index is 0.458. The number of halogens is 1. The van der Waals surface area contributed by atoms with Gasteiger partial charge in [-0.3, -0.25) is 0 Å². The lowest BCUT2D eigenvalue weighted by Crippen LogP contribution is -2.08. The van der Waals surface area contributed by atoms with Crippen LogP contribution in [0, 0.1) is 11.3 Å². The van der Waals surface area contributed by atoms with Crippen LogP contribution < -0.4 is 9.64 Å². The van der Waals surface area contributed by atoms with Gasteiger partial charge in [0.25, 0.3) is 0 Å². The summed E-state index contributed by atoms with van der Waals surface area (Å²) in [4.78, 5) is 1.98. The normalized spacial score (nSPS) is 9.79. The minimum Gasteiger partial charge on any atom is -0.456 e. The molecule has 4 heteroatoms. The second-order valence-corrected chi connectivity index (χ2v) is 4.68.